The Kier molecular flexibility index (Phi) is 12.5. The fraction of sp³-hybridized carbons (Fsp3) is 0.545. The molecule has 42 heavy (non-hydrogen) atoms. The lowest BCUT2D eigenvalue weighted by atomic mass is 9.66. The van der Waals surface area contributed by atoms with Gasteiger partial charge in [0.1, 0.15) is 5.75 Å². The van der Waals surface area contributed by atoms with Crippen molar-refractivity contribution in [2.45, 2.75) is 91.0 Å². The number of benzene rings is 1. The Bertz CT molecular complexity index is 1420. The van der Waals surface area contributed by atoms with Crippen molar-refractivity contribution < 1.29 is 18.3 Å². The molecule has 1 aromatic carbocycles. The molecule has 232 valence electrons. The number of allylic oxidation sites excluding steroid dienone is 4. The Balaban J connectivity index is 1.74. The van der Waals surface area contributed by atoms with Crippen molar-refractivity contribution in [2.24, 2.45) is 11.3 Å². The minimum absolute atomic E-state index is 0.0182. The number of hydrogen-bond donors (Lipinski definition) is 2. The molecule has 1 heterocycles. The van der Waals surface area contributed by atoms with E-state index in [0.29, 0.717) is 36.1 Å². The Morgan fingerprint density at radius 3 is 2.55 bits per heavy atom. The maximum absolute atomic E-state index is 13.2. The standard InChI is InChI=1S/C33H47ClN2O5S/c1-24(2)9-6-10-25(3)11-12-26-21-29-30(23-33(26,4)5)36(18-8-19-37)32(38)22-31(29)41-20-7-17-35-42(39,40)28-15-13-27(34)14-16-28/h9,11,13-16,22,26,35,37H,6-8,10,12,17-21,23H2,1-5H3/b25-11+. The molecule has 0 bridgehead atoms. The molecule has 2 N–H and O–H groups in total. The van der Waals surface area contributed by atoms with Gasteiger partial charge in [0.05, 0.1) is 11.5 Å². The summed E-state index contributed by atoms with van der Waals surface area (Å²) in [5.74, 6) is 0.960. The van der Waals surface area contributed by atoms with Crippen LogP contribution in [0.2, 0.25) is 5.02 Å². The van der Waals surface area contributed by atoms with Gasteiger partial charge in [-0.25, -0.2) is 13.1 Å². The summed E-state index contributed by atoms with van der Waals surface area (Å²) < 4.78 is 35.7. The van der Waals surface area contributed by atoms with Crippen molar-refractivity contribution in [2.75, 3.05) is 19.8 Å². The molecular formula is C33H47ClN2O5S. The summed E-state index contributed by atoms with van der Waals surface area (Å²) in [6.45, 7) is 12.0. The lowest BCUT2D eigenvalue weighted by Gasteiger charge is -2.41. The van der Waals surface area contributed by atoms with Crippen molar-refractivity contribution in [1.29, 1.82) is 0 Å². The summed E-state index contributed by atoms with van der Waals surface area (Å²) in [7, 11) is -3.65. The Morgan fingerprint density at radius 1 is 1.17 bits per heavy atom. The van der Waals surface area contributed by atoms with E-state index >= 15 is 0 Å². The van der Waals surface area contributed by atoms with Crippen molar-refractivity contribution in [1.82, 2.24) is 9.29 Å². The van der Waals surface area contributed by atoms with E-state index in [1.165, 1.54) is 23.3 Å². The van der Waals surface area contributed by atoms with Crippen LogP contribution in [0.3, 0.4) is 0 Å². The van der Waals surface area contributed by atoms with Gasteiger partial charge < -0.3 is 14.4 Å². The topological polar surface area (TPSA) is 97.6 Å². The summed E-state index contributed by atoms with van der Waals surface area (Å²) >= 11 is 5.87. The first kappa shape index (κ1) is 34.1. The first-order valence-electron chi connectivity index (χ1n) is 14.9. The Hall–Kier alpha value is -2.39. The predicted molar refractivity (Wildman–Crippen MR) is 171 cm³/mol. The number of ether oxygens (including phenoxy) is 1. The zero-order valence-electron chi connectivity index (χ0n) is 25.7. The van der Waals surface area contributed by atoms with Gasteiger partial charge in [0.25, 0.3) is 5.56 Å². The third kappa shape index (κ3) is 9.56. The average Bonchev–Trinajstić information content (AvgIpc) is 2.91. The molecule has 0 spiro atoms. The number of fused-ring (bicyclic) bond motifs is 1. The summed E-state index contributed by atoms with van der Waals surface area (Å²) in [5.41, 5.74) is 4.61. The molecule has 1 aliphatic rings. The first-order chi connectivity index (χ1) is 19.8. The number of rotatable bonds is 15. The quantitative estimate of drug-likeness (QED) is 0.176. The highest BCUT2D eigenvalue weighted by Gasteiger charge is 2.37. The van der Waals surface area contributed by atoms with Gasteiger partial charge in [-0.1, -0.05) is 48.7 Å². The summed E-state index contributed by atoms with van der Waals surface area (Å²) in [4.78, 5) is 13.3. The second kappa shape index (κ2) is 15.4. The molecule has 0 saturated heterocycles. The van der Waals surface area contributed by atoms with Crippen LogP contribution in [0.25, 0.3) is 0 Å². The maximum Gasteiger partial charge on any atom is 0.254 e. The highest BCUT2D eigenvalue weighted by atomic mass is 35.5. The molecule has 0 fully saturated rings. The summed E-state index contributed by atoms with van der Waals surface area (Å²) in [6.07, 6.45) is 10.2. The van der Waals surface area contributed by atoms with Crippen molar-refractivity contribution in [3.05, 3.63) is 80.3 Å². The van der Waals surface area contributed by atoms with E-state index in [1.807, 2.05) is 0 Å². The molecule has 7 nitrogen and oxygen atoms in total. The van der Waals surface area contributed by atoms with E-state index in [9.17, 15) is 18.3 Å². The molecule has 1 aliphatic carbocycles. The number of pyridine rings is 1. The van der Waals surface area contributed by atoms with Gasteiger partial charge in [0.15, 0.2) is 0 Å². The van der Waals surface area contributed by atoms with Gasteiger partial charge in [-0.15, -0.1) is 0 Å². The lowest BCUT2D eigenvalue weighted by molar-refractivity contribution is 0.182. The van der Waals surface area contributed by atoms with E-state index < -0.39 is 10.0 Å². The zero-order valence-corrected chi connectivity index (χ0v) is 27.3. The minimum Gasteiger partial charge on any atom is -0.493 e. The zero-order chi connectivity index (χ0) is 30.9. The van der Waals surface area contributed by atoms with Crippen LogP contribution in [0, 0.1) is 11.3 Å². The van der Waals surface area contributed by atoms with E-state index in [1.54, 1.807) is 22.8 Å². The van der Waals surface area contributed by atoms with E-state index in [4.69, 9.17) is 16.3 Å². The Morgan fingerprint density at radius 2 is 1.88 bits per heavy atom. The fourth-order valence-electron chi connectivity index (χ4n) is 5.43. The monoisotopic (exact) mass is 618 g/mol. The summed E-state index contributed by atoms with van der Waals surface area (Å²) in [5, 5.41) is 9.91. The first-order valence-corrected chi connectivity index (χ1v) is 16.7. The van der Waals surface area contributed by atoms with Gasteiger partial charge in [-0.2, -0.15) is 0 Å². The number of nitrogens with zero attached hydrogens (tertiary/aromatic N) is 1. The molecule has 0 aliphatic heterocycles. The van der Waals surface area contributed by atoms with Gasteiger partial charge in [0, 0.05) is 42.0 Å². The number of aromatic nitrogens is 1. The van der Waals surface area contributed by atoms with E-state index in [2.05, 4.69) is 51.5 Å². The molecule has 0 radical (unpaired) electrons. The van der Waals surface area contributed by atoms with Gasteiger partial charge in [-0.3, -0.25) is 4.79 Å². The maximum atomic E-state index is 13.2. The van der Waals surface area contributed by atoms with Crippen LogP contribution in [0.4, 0.5) is 0 Å². The van der Waals surface area contributed by atoms with Crippen LogP contribution in [-0.4, -0.2) is 37.8 Å². The predicted octanol–water partition coefficient (Wildman–Crippen LogP) is 6.46. The average molecular weight is 619 g/mol. The highest BCUT2D eigenvalue weighted by Crippen LogP contribution is 2.44. The van der Waals surface area contributed by atoms with Gasteiger partial charge in [-0.05, 0) is 101 Å². The number of hydrogen-bond acceptors (Lipinski definition) is 5. The Labute approximate surface area is 256 Å². The number of aliphatic hydroxyl groups excluding tert-OH is 1. The molecule has 2 aromatic rings. The SMILES string of the molecule is CC(C)=CCC/C(C)=C/CC1Cc2c(OCCCNS(=O)(=O)c3ccc(Cl)cc3)cc(=O)n(CCCO)c2CC1(C)C. The molecule has 0 amide bonds. The number of sulfonamides is 1. The van der Waals surface area contributed by atoms with E-state index in [-0.39, 0.29) is 35.6 Å². The lowest BCUT2D eigenvalue weighted by Crippen LogP contribution is -2.38. The van der Waals surface area contributed by atoms with Crippen LogP contribution in [0.5, 0.6) is 5.75 Å². The minimum atomic E-state index is -3.65. The molecule has 1 aromatic heterocycles. The van der Waals surface area contributed by atoms with Crippen molar-refractivity contribution >= 4 is 21.6 Å². The summed E-state index contributed by atoms with van der Waals surface area (Å²) in [6, 6.07) is 7.58. The normalized spacial score (nSPS) is 16.6. The number of nitrogens with one attached hydrogen (secondary N) is 1. The van der Waals surface area contributed by atoms with Gasteiger partial charge in [0.2, 0.25) is 10.0 Å². The highest BCUT2D eigenvalue weighted by molar-refractivity contribution is 7.89. The second-order valence-corrected chi connectivity index (χ2v) is 14.4. The van der Waals surface area contributed by atoms with E-state index in [0.717, 1.165) is 43.4 Å². The number of aliphatic hydroxyl groups is 1. The second-order valence-electron chi connectivity index (χ2n) is 12.2. The molecule has 1 unspecified atom stereocenters. The molecular weight excluding hydrogens is 572 g/mol. The van der Waals surface area contributed by atoms with Crippen LogP contribution in [-0.2, 0) is 29.4 Å². The van der Waals surface area contributed by atoms with Gasteiger partial charge >= 0.3 is 0 Å². The fourth-order valence-corrected chi connectivity index (χ4v) is 6.63. The van der Waals surface area contributed by atoms with Crippen LogP contribution >= 0.6 is 11.6 Å². The third-order valence-electron chi connectivity index (χ3n) is 8.05. The van der Waals surface area contributed by atoms with Crippen molar-refractivity contribution in [3.8, 4) is 5.75 Å². The molecule has 1 atom stereocenters. The third-order valence-corrected chi connectivity index (χ3v) is 9.78. The molecule has 0 saturated carbocycles. The molecule has 9 heteroatoms. The smallest absolute Gasteiger partial charge is 0.254 e. The number of halogens is 1. The van der Waals surface area contributed by atoms with Crippen molar-refractivity contribution in [3.63, 3.8) is 0 Å². The van der Waals surface area contributed by atoms with Crippen LogP contribution in [0.1, 0.15) is 78.0 Å². The molecule has 3 rings (SSSR count). The largest absolute Gasteiger partial charge is 0.493 e. The van der Waals surface area contributed by atoms with Crippen LogP contribution in [0.15, 0.2) is 63.3 Å². The van der Waals surface area contributed by atoms with Crippen LogP contribution < -0.4 is 15.0 Å².